The largest absolute Gasteiger partial charge is 0.392 e. The number of aliphatic hydroxyl groups is 1. The first-order valence-electron chi connectivity index (χ1n) is 7.86. The van der Waals surface area contributed by atoms with Gasteiger partial charge in [-0.2, -0.15) is 0 Å². The molecule has 1 rings (SSSR count). The van der Waals surface area contributed by atoms with Gasteiger partial charge >= 0.3 is 0 Å². The molecule has 0 atom stereocenters. The second kappa shape index (κ2) is 8.19. The normalized spacial score (nSPS) is 19.8. The molecule has 116 valence electrons. The molecule has 1 nitrogen and oxygen atoms in total. The van der Waals surface area contributed by atoms with Gasteiger partial charge in [-0.25, -0.2) is 0 Å². The highest BCUT2D eigenvalue weighted by molar-refractivity contribution is 5.36. The second-order valence-electron chi connectivity index (χ2n) is 6.73. The zero-order chi connectivity index (χ0) is 15.9. The Labute approximate surface area is 130 Å². The molecule has 0 fully saturated rings. The van der Waals surface area contributed by atoms with Crippen LogP contribution in [-0.2, 0) is 0 Å². The zero-order valence-electron chi connectivity index (χ0n) is 14.1. The molecule has 1 N–H and O–H groups in total. The molecule has 0 bridgehead atoms. The monoisotopic (exact) mass is 286 g/mol. The molecule has 0 aromatic carbocycles. The van der Waals surface area contributed by atoms with Gasteiger partial charge in [0.1, 0.15) is 0 Å². The quantitative estimate of drug-likeness (QED) is 0.638. The summed E-state index contributed by atoms with van der Waals surface area (Å²) in [6.07, 6.45) is 15.1. The van der Waals surface area contributed by atoms with Crippen LogP contribution < -0.4 is 0 Å². The van der Waals surface area contributed by atoms with Crippen molar-refractivity contribution in [3.8, 4) is 0 Å². The van der Waals surface area contributed by atoms with Gasteiger partial charge in [0.2, 0.25) is 0 Å². The summed E-state index contributed by atoms with van der Waals surface area (Å²) in [5.74, 6) is 0. The average Bonchev–Trinajstić information content (AvgIpc) is 2.42. The van der Waals surface area contributed by atoms with E-state index in [0.717, 1.165) is 17.6 Å². The summed E-state index contributed by atoms with van der Waals surface area (Å²) < 4.78 is 0. The van der Waals surface area contributed by atoms with Crippen LogP contribution in [0.1, 0.15) is 53.4 Å². The van der Waals surface area contributed by atoms with Crippen LogP contribution in [0, 0.1) is 5.41 Å². The SMILES string of the molecule is C=C(/C=C/C1=C(C)CCCC1(C)C)C/C=C/C=C(\C)CO. The molecule has 0 saturated heterocycles. The van der Waals surface area contributed by atoms with Crippen molar-refractivity contribution in [3.63, 3.8) is 0 Å². The van der Waals surface area contributed by atoms with Crippen LogP contribution in [0.15, 0.2) is 59.3 Å². The predicted molar refractivity (Wildman–Crippen MR) is 93.2 cm³/mol. The molecule has 0 spiro atoms. The topological polar surface area (TPSA) is 20.2 Å². The van der Waals surface area contributed by atoms with Crippen molar-refractivity contribution in [3.05, 3.63) is 59.3 Å². The smallest absolute Gasteiger partial charge is 0.0642 e. The first-order valence-corrected chi connectivity index (χ1v) is 7.86. The fourth-order valence-corrected chi connectivity index (χ4v) is 2.78. The Morgan fingerprint density at radius 1 is 1.38 bits per heavy atom. The van der Waals surface area contributed by atoms with Crippen molar-refractivity contribution in [2.24, 2.45) is 5.41 Å². The lowest BCUT2D eigenvalue weighted by Crippen LogP contribution is -2.19. The molecule has 1 aliphatic carbocycles. The summed E-state index contributed by atoms with van der Waals surface area (Å²) >= 11 is 0. The van der Waals surface area contributed by atoms with Gasteiger partial charge in [0.05, 0.1) is 6.61 Å². The maximum Gasteiger partial charge on any atom is 0.0642 e. The van der Waals surface area contributed by atoms with E-state index in [0.29, 0.717) is 0 Å². The Bertz CT molecular complexity index is 484. The highest BCUT2D eigenvalue weighted by atomic mass is 16.3. The van der Waals surface area contributed by atoms with E-state index in [1.807, 2.05) is 19.1 Å². The van der Waals surface area contributed by atoms with Crippen molar-refractivity contribution in [1.29, 1.82) is 0 Å². The lowest BCUT2D eigenvalue weighted by molar-refractivity contribution is 0.331. The van der Waals surface area contributed by atoms with Crippen LogP contribution in [0.4, 0.5) is 0 Å². The van der Waals surface area contributed by atoms with Gasteiger partial charge in [-0.15, -0.1) is 0 Å². The van der Waals surface area contributed by atoms with E-state index in [9.17, 15) is 0 Å². The third kappa shape index (κ3) is 5.89. The van der Waals surface area contributed by atoms with Crippen molar-refractivity contribution in [1.82, 2.24) is 0 Å². The van der Waals surface area contributed by atoms with Gasteiger partial charge in [0.25, 0.3) is 0 Å². The zero-order valence-corrected chi connectivity index (χ0v) is 14.1. The summed E-state index contributed by atoms with van der Waals surface area (Å²) in [5.41, 5.74) is 5.37. The van der Waals surface area contributed by atoms with E-state index in [4.69, 9.17) is 5.11 Å². The lowest BCUT2D eigenvalue weighted by Gasteiger charge is -2.33. The van der Waals surface area contributed by atoms with Gasteiger partial charge in [-0.3, -0.25) is 0 Å². The van der Waals surface area contributed by atoms with E-state index in [-0.39, 0.29) is 12.0 Å². The Morgan fingerprint density at radius 2 is 2.10 bits per heavy atom. The molecule has 0 radical (unpaired) electrons. The summed E-state index contributed by atoms with van der Waals surface area (Å²) in [7, 11) is 0. The van der Waals surface area contributed by atoms with Gasteiger partial charge in [-0.05, 0) is 56.1 Å². The minimum atomic E-state index is 0.119. The molecule has 0 heterocycles. The highest BCUT2D eigenvalue weighted by Gasteiger charge is 2.26. The maximum absolute atomic E-state index is 8.91. The first-order chi connectivity index (χ1) is 9.86. The third-order valence-corrected chi connectivity index (χ3v) is 4.17. The second-order valence-corrected chi connectivity index (χ2v) is 6.73. The van der Waals surface area contributed by atoms with Crippen LogP contribution in [0.3, 0.4) is 0 Å². The van der Waals surface area contributed by atoms with E-state index < -0.39 is 0 Å². The van der Waals surface area contributed by atoms with Crippen LogP contribution >= 0.6 is 0 Å². The molecular weight excluding hydrogens is 256 g/mol. The van der Waals surface area contributed by atoms with Crippen LogP contribution in [-0.4, -0.2) is 11.7 Å². The number of hydrogen-bond acceptors (Lipinski definition) is 1. The lowest BCUT2D eigenvalue weighted by atomic mass is 9.72. The predicted octanol–water partition coefficient (Wildman–Crippen LogP) is 5.51. The molecule has 0 aromatic heterocycles. The molecule has 1 heteroatoms. The molecule has 0 aromatic rings. The molecule has 0 amide bonds. The Hall–Kier alpha value is -1.34. The Kier molecular flexibility index (Phi) is 6.91. The van der Waals surface area contributed by atoms with E-state index in [2.05, 4.69) is 45.6 Å². The van der Waals surface area contributed by atoms with Crippen molar-refractivity contribution in [2.75, 3.05) is 6.61 Å². The first kappa shape index (κ1) is 17.7. The molecule has 21 heavy (non-hydrogen) atoms. The minimum Gasteiger partial charge on any atom is -0.392 e. The molecule has 0 saturated carbocycles. The van der Waals surface area contributed by atoms with Crippen LogP contribution in [0.25, 0.3) is 0 Å². The molecule has 0 unspecified atom stereocenters. The van der Waals surface area contributed by atoms with Crippen molar-refractivity contribution >= 4 is 0 Å². The van der Waals surface area contributed by atoms with Gasteiger partial charge in [0.15, 0.2) is 0 Å². The number of aliphatic hydroxyl groups excluding tert-OH is 1. The third-order valence-electron chi connectivity index (χ3n) is 4.17. The Morgan fingerprint density at radius 3 is 2.71 bits per heavy atom. The van der Waals surface area contributed by atoms with Crippen LogP contribution in [0.2, 0.25) is 0 Å². The Balaban J connectivity index is 2.62. The molecule has 0 aliphatic heterocycles. The number of rotatable bonds is 6. The summed E-state index contributed by atoms with van der Waals surface area (Å²) in [6.45, 7) is 13.1. The molecule has 1 aliphatic rings. The molecular formula is C20H30O. The standard InChI is InChI=1S/C20H30O/c1-16(9-6-7-10-17(2)15-21)12-13-19-18(3)11-8-14-20(19,4)5/h6-7,10,12-13,21H,1,8-9,11,14-15H2,2-5H3/b7-6+,13-12+,17-10+. The highest BCUT2D eigenvalue weighted by Crippen LogP contribution is 2.40. The van der Waals surface area contributed by atoms with E-state index in [1.54, 1.807) is 0 Å². The van der Waals surface area contributed by atoms with Gasteiger partial charge < -0.3 is 5.11 Å². The number of allylic oxidation sites excluding steroid dienone is 8. The fraction of sp³-hybridized carbons (Fsp3) is 0.500. The number of hydrogen-bond donors (Lipinski definition) is 1. The van der Waals surface area contributed by atoms with E-state index >= 15 is 0 Å². The summed E-state index contributed by atoms with van der Waals surface area (Å²) in [5, 5.41) is 8.91. The summed E-state index contributed by atoms with van der Waals surface area (Å²) in [4.78, 5) is 0. The van der Waals surface area contributed by atoms with Crippen molar-refractivity contribution in [2.45, 2.75) is 53.4 Å². The maximum atomic E-state index is 8.91. The van der Waals surface area contributed by atoms with Gasteiger partial charge in [0, 0.05) is 0 Å². The van der Waals surface area contributed by atoms with Crippen LogP contribution in [0.5, 0.6) is 0 Å². The average molecular weight is 286 g/mol. The summed E-state index contributed by atoms with van der Waals surface area (Å²) in [6, 6.07) is 0. The van der Waals surface area contributed by atoms with Crippen molar-refractivity contribution < 1.29 is 5.11 Å². The van der Waals surface area contributed by atoms with E-state index in [1.165, 1.54) is 30.4 Å². The fourth-order valence-electron chi connectivity index (χ4n) is 2.78. The minimum absolute atomic E-state index is 0.119. The van der Waals surface area contributed by atoms with Gasteiger partial charge in [-0.1, -0.05) is 62.0 Å².